The van der Waals surface area contributed by atoms with Crippen molar-refractivity contribution in [1.29, 1.82) is 0 Å². The minimum atomic E-state index is -0.465. The topological polar surface area (TPSA) is 79.3 Å². The van der Waals surface area contributed by atoms with Crippen LogP contribution in [-0.4, -0.2) is 34.8 Å². The minimum absolute atomic E-state index is 0.0386. The molecule has 0 amide bonds. The van der Waals surface area contributed by atoms with E-state index in [2.05, 4.69) is 20.6 Å². The molecule has 3 N–H and O–H groups in total. The Balaban J connectivity index is 1.96. The normalized spacial score (nSPS) is 11.9. The third-order valence-corrected chi connectivity index (χ3v) is 4.54. The lowest BCUT2D eigenvalue weighted by Gasteiger charge is -2.20. The Morgan fingerprint density at radius 1 is 1.07 bits per heavy atom. The molecule has 0 saturated carbocycles. The second-order valence-electron chi connectivity index (χ2n) is 6.98. The third-order valence-electron chi connectivity index (χ3n) is 4.54. The first-order chi connectivity index (χ1) is 14.0. The van der Waals surface area contributed by atoms with Gasteiger partial charge in [0.05, 0.1) is 25.5 Å². The van der Waals surface area contributed by atoms with Gasteiger partial charge in [-0.25, -0.2) is 9.37 Å². The molecule has 0 radical (unpaired) electrons. The van der Waals surface area contributed by atoms with Crippen LogP contribution in [-0.2, 0) is 0 Å². The van der Waals surface area contributed by atoms with E-state index in [0.717, 1.165) is 5.56 Å². The predicted molar refractivity (Wildman–Crippen MR) is 113 cm³/mol. The Labute approximate surface area is 169 Å². The average Bonchev–Trinajstić information content (AvgIpc) is 2.72. The Kier molecular flexibility index (Phi) is 6.61. The van der Waals surface area contributed by atoms with Crippen LogP contribution in [0.3, 0.4) is 0 Å². The molecule has 0 fully saturated rings. The molecule has 0 saturated heterocycles. The highest BCUT2D eigenvalue weighted by Crippen LogP contribution is 2.26. The van der Waals surface area contributed by atoms with E-state index < -0.39 is 5.82 Å². The van der Waals surface area contributed by atoms with Gasteiger partial charge in [0.25, 0.3) is 0 Å². The lowest BCUT2D eigenvalue weighted by Crippen LogP contribution is -2.30. The van der Waals surface area contributed by atoms with Crippen molar-refractivity contribution in [2.45, 2.75) is 19.9 Å². The smallest absolute Gasteiger partial charge is 0.225 e. The van der Waals surface area contributed by atoms with Crippen LogP contribution in [0, 0.1) is 11.7 Å². The molecule has 152 valence electrons. The molecule has 3 aromatic rings. The fourth-order valence-corrected chi connectivity index (χ4v) is 2.81. The molecule has 7 heteroatoms. The number of nitrogens with one attached hydrogen (secondary N) is 2. The number of benzene rings is 2. The number of rotatable bonds is 8. The van der Waals surface area contributed by atoms with E-state index in [-0.39, 0.29) is 24.3 Å². The number of ether oxygens (including phenoxy) is 1. The number of aliphatic hydroxyl groups is 1. The van der Waals surface area contributed by atoms with Crippen molar-refractivity contribution in [3.8, 4) is 17.0 Å². The van der Waals surface area contributed by atoms with Gasteiger partial charge in [-0.1, -0.05) is 44.2 Å². The molecule has 6 nitrogen and oxygen atoms in total. The number of hydrogen-bond donors (Lipinski definition) is 3. The van der Waals surface area contributed by atoms with Crippen molar-refractivity contribution in [2.24, 2.45) is 5.92 Å². The van der Waals surface area contributed by atoms with Gasteiger partial charge in [-0.05, 0) is 18.1 Å². The van der Waals surface area contributed by atoms with Crippen LogP contribution in [0.25, 0.3) is 11.3 Å². The first-order valence-electron chi connectivity index (χ1n) is 9.42. The molecule has 1 heterocycles. The summed E-state index contributed by atoms with van der Waals surface area (Å²) in [4.78, 5) is 9.09. The van der Waals surface area contributed by atoms with Gasteiger partial charge in [0.2, 0.25) is 5.95 Å². The van der Waals surface area contributed by atoms with Gasteiger partial charge in [-0.15, -0.1) is 0 Å². The molecule has 0 aliphatic rings. The summed E-state index contributed by atoms with van der Waals surface area (Å²) < 4.78 is 19.0. The van der Waals surface area contributed by atoms with E-state index >= 15 is 0 Å². The standard InChI is InChI=1S/C22H25FN4O2/c1-14(2)19(13-28)26-22-25-18(15-7-5-4-6-8-15)12-21(27-22)24-16-9-10-20(29-3)17(23)11-16/h4-12,14,19,28H,13H2,1-3H3,(H2,24,25,26,27)/t19-/m1/s1. The highest BCUT2D eigenvalue weighted by molar-refractivity contribution is 5.67. The van der Waals surface area contributed by atoms with E-state index in [1.165, 1.54) is 13.2 Å². The summed E-state index contributed by atoms with van der Waals surface area (Å²) in [6.45, 7) is 3.98. The lowest BCUT2D eigenvalue weighted by atomic mass is 10.1. The van der Waals surface area contributed by atoms with Crippen LogP contribution in [0.2, 0.25) is 0 Å². The summed E-state index contributed by atoms with van der Waals surface area (Å²) in [7, 11) is 1.42. The zero-order valence-corrected chi connectivity index (χ0v) is 16.7. The number of aromatic nitrogens is 2. The van der Waals surface area contributed by atoms with Crippen LogP contribution >= 0.6 is 0 Å². The number of methoxy groups -OCH3 is 1. The average molecular weight is 396 g/mol. The van der Waals surface area contributed by atoms with Gasteiger partial charge in [-0.3, -0.25) is 0 Å². The quantitative estimate of drug-likeness (QED) is 0.522. The number of aliphatic hydroxyl groups excluding tert-OH is 1. The van der Waals surface area contributed by atoms with E-state index in [4.69, 9.17) is 4.74 Å². The van der Waals surface area contributed by atoms with Crippen molar-refractivity contribution in [2.75, 3.05) is 24.4 Å². The van der Waals surface area contributed by atoms with Crippen LogP contribution in [0.5, 0.6) is 5.75 Å². The van der Waals surface area contributed by atoms with Gasteiger partial charge in [0.15, 0.2) is 11.6 Å². The largest absolute Gasteiger partial charge is 0.494 e. The summed E-state index contributed by atoms with van der Waals surface area (Å²) in [5.74, 6) is 0.791. The maximum Gasteiger partial charge on any atom is 0.225 e. The van der Waals surface area contributed by atoms with Crippen LogP contribution in [0.1, 0.15) is 13.8 Å². The molecule has 0 spiro atoms. The Hall–Kier alpha value is -3.19. The van der Waals surface area contributed by atoms with Crippen molar-refractivity contribution in [1.82, 2.24) is 9.97 Å². The van der Waals surface area contributed by atoms with Crippen molar-refractivity contribution >= 4 is 17.5 Å². The summed E-state index contributed by atoms with van der Waals surface area (Å²) in [5, 5.41) is 15.9. The van der Waals surface area contributed by atoms with Gasteiger partial charge >= 0.3 is 0 Å². The van der Waals surface area contributed by atoms with Gasteiger partial charge in [0, 0.05) is 23.4 Å². The third kappa shape index (κ3) is 5.20. The summed E-state index contributed by atoms with van der Waals surface area (Å²) in [6, 6.07) is 15.9. The summed E-state index contributed by atoms with van der Waals surface area (Å²) in [5.41, 5.74) is 2.17. The molecular weight excluding hydrogens is 371 g/mol. The van der Waals surface area contributed by atoms with Gasteiger partial charge < -0.3 is 20.5 Å². The first-order valence-corrected chi connectivity index (χ1v) is 9.42. The van der Waals surface area contributed by atoms with Crippen LogP contribution in [0.15, 0.2) is 54.6 Å². The minimum Gasteiger partial charge on any atom is -0.494 e. The van der Waals surface area contributed by atoms with E-state index in [0.29, 0.717) is 23.1 Å². The monoisotopic (exact) mass is 396 g/mol. The maximum atomic E-state index is 14.0. The Bertz CT molecular complexity index is 951. The summed E-state index contributed by atoms with van der Waals surface area (Å²) in [6.07, 6.45) is 0. The van der Waals surface area contributed by atoms with E-state index in [9.17, 15) is 9.50 Å². The molecule has 1 aromatic heterocycles. The molecular formula is C22H25FN4O2. The lowest BCUT2D eigenvalue weighted by molar-refractivity contribution is 0.248. The predicted octanol–water partition coefficient (Wildman–Crippen LogP) is 4.46. The molecule has 2 aromatic carbocycles. The fourth-order valence-electron chi connectivity index (χ4n) is 2.81. The van der Waals surface area contributed by atoms with E-state index in [1.807, 2.05) is 44.2 Å². The SMILES string of the molecule is COc1ccc(Nc2cc(-c3ccccc3)nc(N[C@H](CO)C(C)C)n2)cc1F. The molecule has 0 aliphatic heterocycles. The second-order valence-corrected chi connectivity index (χ2v) is 6.98. The van der Waals surface area contributed by atoms with Crippen molar-refractivity contribution in [3.63, 3.8) is 0 Å². The summed E-state index contributed by atoms with van der Waals surface area (Å²) >= 11 is 0. The molecule has 3 rings (SSSR count). The zero-order chi connectivity index (χ0) is 20.8. The second kappa shape index (κ2) is 9.34. The number of nitrogens with zero attached hydrogens (tertiary/aromatic N) is 2. The highest BCUT2D eigenvalue weighted by atomic mass is 19.1. The van der Waals surface area contributed by atoms with Crippen LogP contribution in [0.4, 0.5) is 21.8 Å². The van der Waals surface area contributed by atoms with Crippen molar-refractivity contribution in [3.05, 3.63) is 60.4 Å². The maximum absolute atomic E-state index is 14.0. The van der Waals surface area contributed by atoms with E-state index in [1.54, 1.807) is 18.2 Å². The van der Waals surface area contributed by atoms with Crippen molar-refractivity contribution < 1.29 is 14.2 Å². The molecule has 1 atom stereocenters. The molecule has 0 aliphatic carbocycles. The zero-order valence-electron chi connectivity index (χ0n) is 16.7. The van der Waals surface area contributed by atoms with Gasteiger partial charge in [-0.2, -0.15) is 4.98 Å². The van der Waals surface area contributed by atoms with Gasteiger partial charge in [0.1, 0.15) is 5.82 Å². The number of halogens is 1. The first kappa shape index (κ1) is 20.5. The Morgan fingerprint density at radius 3 is 2.45 bits per heavy atom. The van der Waals surface area contributed by atoms with Crippen LogP contribution < -0.4 is 15.4 Å². The molecule has 0 bridgehead atoms. The molecule has 0 unspecified atom stereocenters. The number of anilines is 3. The fraction of sp³-hybridized carbons (Fsp3) is 0.273. The molecule has 29 heavy (non-hydrogen) atoms. The highest BCUT2D eigenvalue weighted by Gasteiger charge is 2.15. The number of hydrogen-bond acceptors (Lipinski definition) is 6. The Morgan fingerprint density at radius 2 is 1.83 bits per heavy atom.